The lowest BCUT2D eigenvalue weighted by atomic mass is 10.2. The molecule has 0 aliphatic carbocycles. The summed E-state index contributed by atoms with van der Waals surface area (Å²) in [5.74, 6) is -0.509. The van der Waals surface area contributed by atoms with E-state index in [9.17, 15) is 14.0 Å². The molecule has 2 heterocycles. The van der Waals surface area contributed by atoms with Gasteiger partial charge in [0.05, 0.1) is 24.9 Å². The zero-order valence-electron chi connectivity index (χ0n) is 9.90. The van der Waals surface area contributed by atoms with Gasteiger partial charge in [0.25, 0.3) is 5.91 Å². The summed E-state index contributed by atoms with van der Waals surface area (Å²) in [5.41, 5.74) is 0.397. The molecule has 2 amide bonds. The number of aryl methyl sites for hydroxylation is 1. The quantitative estimate of drug-likeness (QED) is 0.873. The molecule has 6 heteroatoms. The first-order valence-electron chi connectivity index (χ1n) is 5.52. The maximum atomic E-state index is 12.8. The maximum Gasteiger partial charge on any atom is 0.255 e. The van der Waals surface area contributed by atoms with Gasteiger partial charge in [0.15, 0.2) is 0 Å². The molecule has 0 radical (unpaired) electrons. The lowest BCUT2D eigenvalue weighted by Crippen LogP contribution is -2.39. The number of hydrogen-bond acceptors (Lipinski definition) is 3. The van der Waals surface area contributed by atoms with Gasteiger partial charge < -0.3 is 14.6 Å². The highest BCUT2D eigenvalue weighted by Crippen LogP contribution is 2.10. The molecule has 0 fully saturated rings. The van der Waals surface area contributed by atoms with Crippen molar-refractivity contribution in [2.75, 3.05) is 19.6 Å². The van der Waals surface area contributed by atoms with Crippen LogP contribution in [-0.2, 0) is 4.79 Å². The fourth-order valence-electron chi connectivity index (χ4n) is 1.69. The Hall–Kier alpha value is -2.11. The van der Waals surface area contributed by atoms with Gasteiger partial charge in [-0.15, -0.1) is 0 Å². The summed E-state index contributed by atoms with van der Waals surface area (Å²) in [5, 5.41) is 2.48. The lowest BCUT2D eigenvalue weighted by Gasteiger charge is -2.15. The number of furan rings is 1. The number of rotatable bonds is 3. The molecule has 1 N–H and O–H groups in total. The molecule has 0 unspecified atom stereocenters. The number of carbonyl (C=O) groups is 2. The van der Waals surface area contributed by atoms with E-state index < -0.39 is 0 Å². The summed E-state index contributed by atoms with van der Waals surface area (Å²) in [6, 6.07) is 1.53. The standard InChI is InChI=1S/C12H13FN2O3/c1-8-10(3-5-18-8)12(17)14-6-11(16)15-4-2-9(13)7-15/h2-3,5H,4,6-7H2,1H3,(H,14,17). The van der Waals surface area contributed by atoms with E-state index >= 15 is 0 Å². The third kappa shape index (κ3) is 2.58. The molecule has 0 bridgehead atoms. The van der Waals surface area contributed by atoms with E-state index in [1.165, 1.54) is 23.3 Å². The van der Waals surface area contributed by atoms with Gasteiger partial charge >= 0.3 is 0 Å². The SMILES string of the molecule is Cc1occc1C(=O)NCC(=O)N1CC=C(F)C1. The third-order valence-electron chi connectivity index (χ3n) is 2.73. The minimum atomic E-state index is -0.373. The van der Waals surface area contributed by atoms with Crippen LogP contribution in [0.5, 0.6) is 0 Å². The molecule has 0 saturated heterocycles. The molecule has 2 rings (SSSR count). The van der Waals surface area contributed by atoms with Gasteiger partial charge in [-0.2, -0.15) is 0 Å². The molecule has 0 saturated carbocycles. The van der Waals surface area contributed by atoms with Crippen molar-refractivity contribution in [2.24, 2.45) is 0 Å². The Labute approximate surface area is 103 Å². The van der Waals surface area contributed by atoms with Crippen LogP contribution in [0.1, 0.15) is 16.1 Å². The van der Waals surface area contributed by atoms with E-state index in [0.717, 1.165) is 0 Å². The average molecular weight is 252 g/mol. The Morgan fingerprint density at radius 1 is 1.56 bits per heavy atom. The number of carbonyl (C=O) groups excluding carboxylic acids is 2. The predicted molar refractivity (Wildman–Crippen MR) is 61.5 cm³/mol. The Morgan fingerprint density at radius 3 is 2.89 bits per heavy atom. The Kier molecular flexibility index (Phi) is 3.45. The van der Waals surface area contributed by atoms with Crippen molar-refractivity contribution in [2.45, 2.75) is 6.92 Å². The van der Waals surface area contributed by atoms with Crippen LogP contribution in [0.25, 0.3) is 0 Å². The van der Waals surface area contributed by atoms with Gasteiger partial charge in [0, 0.05) is 6.54 Å². The van der Waals surface area contributed by atoms with Crippen molar-refractivity contribution in [1.82, 2.24) is 10.2 Å². The van der Waals surface area contributed by atoms with Crippen LogP contribution >= 0.6 is 0 Å². The highest BCUT2D eigenvalue weighted by Gasteiger charge is 2.20. The van der Waals surface area contributed by atoms with E-state index in [2.05, 4.69) is 5.32 Å². The van der Waals surface area contributed by atoms with Crippen LogP contribution in [0.15, 0.2) is 28.6 Å². The Morgan fingerprint density at radius 2 is 2.33 bits per heavy atom. The highest BCUT2D eigenvalue weighted by molar-refractivity contribution is 5.97. The second kappa shape index (κ2) is 5.03. The van der Waals surface area contributed by atoms with Crippen LogP contribution in [0, 0.1) is 6.92 Å². The first-order valence-corrected chi connectivity index (χ1v) is 5.52. The smallest absolute Gasteiger partial charge is 0.255 e. The number of halogens is 1. The first-order chi connectivity index (χ1) is 8.58. The van der Waals surface area contributed by atoms with E-state index in [0.29, 0.717) is 11.3 Å². The van der Waals surface area contributed by atoms with Crippen LogP contribution in [-0.4, -0.2) is 36.3 Å². The molecule has 0 atom stereocenters. The fourth-order valence-corrected chi connectivity index (χ4v) is 1.69. The zero-order chi connectivity index (χ0) is 13.1. The summed E-state index contributed by atoms with van der Waals surface area (Å²) in [6.07, 6.45) is 2.76. The first kappa shape index (κ1) is 12.3. The average Bonchev–Trinajstić information content (AvgIpc) is 2.94. The predicted octanol–water partition coefficient (Wildman–Crippen LogP) is 1.01. The van der Waals surface area contributed by atoms with E-state index in [-0.39, 0.29) is 37.3 Å². The fraction of sp³-hybridized carbons (Fsp3) is 0.333. The summed E-state index contributed by atoms with van der Waals surface area (Å²) >= 11 is 0. The van der Waals surface area contributed by atoms with Crippen molar-refractivity contribution in [3.63, 3.8) is 0 Å². The van der Waals surface area contributed by atoms with Crippen LogP contribution in [0.2, 0.25) is 0 Å². The van der Waals surface area contributed by atoms with Crippen molar-refractivity contribution in [1.29, 1.82) is 0 Å². The molecule has 1 aliphatic heterocycles. The largest absolute Gasteiger partial charge is 0.469 e. The number of nitrogens with zero attached hydrogens (tertiary/aromatic N) is 1. The molecule has 1 aromatic heterocycles. The molecule has 18 heavy (non-hydrogen) atoms. The van der Waals surface area contributed by atoms with Gasteiger partial charge in [0.1, 0.15) is 11.6 Å². The van der Waals surface area contributed by atoms with Crippen molar-refractivity contribution < 1.29 is 18.4 Å². The summed E-state index contributed by atoms with van der Waals surface area (Å²) < 4.78 is 17.8. The molecule has 0 aromatic carbocycles. The number of nitrogens with one attached hydrogen (secondary N) is 1. The zero-order valence-corrected chi connectivity index (χ0v) is 9.90. The molecule has 96 valence electrons. The number of hydrogen-bond donors (Lipinski definition) is 1. The minimum Gasteiger partial charge on any atom is -0.469 e. The van der Waals surface area contributed by atoms with E-state index in [4.69, 9.17) is 4.42 Å². The van der Waals surface area contributed by atoms with Crippen LogP contribution < -0.4 is 5.32 Å². The van der Waals surface area contributed by atoms with Crippen molar-refractivity contribution in [3.8, 4) is 0 Å². The Bertz CT molecular complexity index is 507. The maximum absolute atomic E-state index is 12.8. The van der Waals surface area contributed by atoms with E-state index in [1.54, 1.807) is 6.92 Å². The van der Waals surface area contributed by atoms with Gasteiger partial charge in [-0.25, -0.2) is 4.39 Å². The summed E-state index contributed by atoms with van der Waals surface area (Å²) in [6.45, 7) is 1.76. The van der Waals surface area contributed by atoms with Gasteiger partial charge in [-0.3, -0.25) is 9.59 Å². The molecule has 1 aromatic rings. The monoisotopic (exact) mass is 252 g/mol. The molecular formula is C12H13FN2O3. The van der Waals surface area contributed by atoms with Crippen LogP contribution in [0.4, 0.5) is 4.39 Å². The summed E-state index contributed by atoms with van der Waals surface area (Å²) in [7, 11) is 0. The molecule has 1 aliphatic rings. The number of amides is 2. The normalized spacial score (nSPS) is 14.6. The topological polar surface area (TPSA) is 62.6 Å². The van der Waals surface area contributed by atoms with Gasteiger partial charge in [-0.1, -0.05) is 0 Å². The minimum absolute atomic E-state index is 0.0144. The second-order valence-corrected chi connectivity index (χ2v) is 4.00. The van der Waals surface area contributed by atoms with Crippen LogP contribution in [0.3, 0.4) is 0 Å². The highest BCUT2D eigenvalue weighted by atomic mass is 19.1. The third-order valence-corrected chi connectivity index (χ3v) is 2.73. The van der Waals surface area contributed by atoms with Crippen molar-refractivity contribution >= 4 is 11.8 Å². The second-order valence-electron chi connectivity index (χ2n) is 4.00. The van der Waals surface area contributed by atoms with Crippen molar-refractivity contribution in [3.05, 3.63) is 35.6 Å². The van der Waals surface area contributed by atoms with Gasteiger partial charge in [-0.05, 0) is 19.1 Å². The molecular weight excluding hydrogens is 239 g/mol. The summed E-state index contributed by atoms with van der Waals surface area (Å²) in [4.78, 5) is 24.7. The van der Waals surface area contributed by atoms with Gasteiger partial charge in [0.2, 0.25) is 5.91 Å². The van der Waals surface area contributed by atoms with E-state index in [1.807, 2.05) is 0 Å². The lowest BCUT2D eigenvalue weighted by molar-refractivity contribution is -0.128. The molecule has 0 spiro atoms. The Balaban J connectivity index is 1.84. The molecule has 5 nitrogen and oxygen atoms in total.